The summed E-state index contributed by atoms with van der Waals surface area (Å²) < 4.78 is 2.29. The Balaban J connectivity index is 1.99. The number of benzene rings is 1. The molecule has 0 bridgehead atoms. The summed E-state index contributed by atoms with van der Waals surface area (Å²) in [7, 11) is 0. The summed E-state index contributed by atoms with van der Waals surface area (Å²) in [5, 5.41) is 10.4. The standard InChI is InChI=1S/C18H24N2O2/c1-3-20-13(2)15(8-11-19-9-4-5-10-19)16-12-14(18(21)22)6-7-17(16)20/h6-7,12H,3-5,8-11H2,1-2H3,(H,21,22). The third-order valence-electron chi connectivity index (χ3n) is 4.89. The highest BCUT2D eigenvalue weighted by molar-refractivity contribution is 5.95. The Kier molecular flexibility index (Phi) is 4.21. The molecule has 0 aliphatic carbocycles. The molecule has 1 aliphatic heterocycles. The zero-order chi connectivity index (χ0) is 15.7. The van der Waals surface area contributed by atoms with Crippen LogP contribution in [0.1, 0.15) is 41.4 Å². The molecule has 4 nitrogen and oxygen atoms in total. The van der Waals surface area contributed by atoms with Gasteiger partial charge in [-0.1, -0.05) is 0 Å². The molecule has 2 heterocycles. The molecular formula is C18H24N2O2. The van der Waals surface area contributed by atoms with Crippen LogP contribution in [0.15, 0.2) is 18.2 Å². The maximum Gasteiger partial charge on any atom is 0.335 e. The van der Waals surface area contributed by atoms with E-state index >= 15 is 0 Å². The van der Waals surface area contributed by atoms with E-state index < -0.39 is 5.97 Å². The Morgan fingerprint density at radius 1 is 1.27 bits per heavy atom. The number of hydrogen-bond acceptors (Lipinski definition) is 2. The Bertz CT molecular complexity index is 697. The van der Waals surface area contributed by atoms with Crippen LogP contribution < -0.4 is 0 Å². The zero-order valence-corrected chi connectivity index (χ0v) is 13.4. The summed E-state index contributed by atoms with van der Waals surface area (Å²) >= 11 is 0. The predicted octanol–water partition coefficient (Wildman–Crippen LogP) is 3.31. The number of likely N-dealkylation sites (tertiary alicyclic amines) is 1. The van der Waals surface area contributed by atoms with Crippen molar-refractivity contribution in [2.75, 3.05) is 19.6 Å². The summed E-state index contributed by atoms with van der Waals surface area (Å²) in [4.78, 5) is 13.8. The lowest BCUT2D eigenvalue weighted by Crippen LogP contribution is -2.22. The zero-order valence-electron chi connectivity index (χ0n) is 13.4. The number of hydrogen-bond donors (Lipinski definition) is 1. The van der Waals surface area contributed by atoms with Crippen LogP contribution >= 0.6 is 0 Å². The summed E-state index contributed by atoms with van der Waals surface area (Å²) in [6.45, 7) is 8.68. The first kappa shape index (κ1) is 15.1. The average Bonchev–Trinajstić information content (AvgIpc) is 3.10. The van der Waals surface area contributed by atoms with Gasteiger partial charge in [0.15, 0.2) is 0 Å². The fourth-order valence-corrected chi connectivity index (χ4v) is 3.68. The molecular weight excluding hydrogens is 276 g/mol. The summed E-state index contributed by atoms with van der Waals surface area (Å²) in [5.41, 5.74) is 4.12. The van der Waals surface area contributed by atoms with Gasteiger partial charge in [0.2, 0.25) is 0 Å². The summed E-state index contributed by atoms with van der Waals surface area (Å²) in [6, 6.07) is 5.51. The number of rotatable bonds is 5. The van der Waals surface area contributed by atoms with Crippen molar-refractivity contribution in [2.45, 2.75) is 39.7 Å². The van der Waals surface area contributed by atoms with Gasteiger partial charge in [-0.3, -0.25) is 0 Å². The lowest BCUT2D eigenvalue weighted by Gasteiger charge is -2.14. The van der Waals surface area contributed by atoms with Crippen LogP contribution in [-0.2, 0) is 13.0 Å². The monoisotopic (exact) mass is 300 g/mol. The lowest BCUT2D eigenvalue weighted by molar-refractivity contribution is 0.0697. The molecule has 0 atom stereocenters. The van der Waals surface area contributed by atoms with E-state index in [-0.39, 0.29) is 0 Å². The van der Waals surface area contributed by atoms with Crippen molar-refractivity contribution in [3.63, 3.8) is 0 Å². The number of nitrogens with zero attached hydrogens (tertiary/aromatic N) is 2. The molecule has 1 saturated heterocycles. The maximum absolute atomic E-state index is 11.3. The SMILES string of the molecule is CCn1c(C)c(CCN2CCCC2)c2cc(C(=O)O)ccc21. The van der Waals surface area contributed by atoms with Crippen molar-refractivity contribution in [3.8, 4) is 0 Å². The third kappa shape index (κ3) is 2.63. The summed E-state index contributed by atoms with van der Waals surface area (Å²) in [6.07, 6.45) is 3.61. The molecule has 0 amide bonds. The molecule has 0 unspecified atom stereocenters. The highest BCUT2D eigenvalue weighted by Crippen LogP contribution is 2.28. The van der Waals surface area contributed by atoms with Crippen molar-refractivity contribution in [2.24, 2.45) is 0 Å². The molecule has 0 saturated carbocycles. The first-order valence-corrected chi connectivity index (χ1v) is 8.19. The molecule has 1 fully saturated rings. The Morgan fingerprint density at radius 2 is 2.00 bits per heavy atom. The van der Waals surface area contributed by atoms with E-state index in [0.29, 0.717) is 5.56 Å². The molecule has 4 heteroatoms. The maximum atomic E-state index is 11.3. The van der Waals surface area contributed by atoms with Gasteiger partial charge in [0.1, 0.15) is 0 Å². The number of aromatic carboxylic acids is 1. The van der Waals surface area contributed by atoms with Gasteiger partial charge >= 0.3 is 5.97 Å². The number of fused-ring (bicyclic) bond motifs is 1. The van der Waals surface area contributed by atoms with Crippen molar-refractivity contribution < 1.29 is 9.90 Å². The van der Waals surface area contributed by atoms with Crippen LogP contribution in [0.3, 0.4) is 0 Å². The normalized spacial score (nSPS) is 15.7. The van der Waals surface area contributed by atoms with E-state index in [0.717, 1.165) is 30.4 Å². The minimum Gasteiger partial charge on any atom is -0.478 e. The molecule has 22 heavy (non-hydrogen) atoms. The van der Waals surface area contributed by atoms with Crippen LogP contribution in [0.4, 0.5) is 0 Å². The third-order valence-corrected chi connectivity index (χ3v) is 4.89. The van der Waals surface area contributed by atoms with Crippen LogP contribution in [0.2, 0.25) is 0 Å². The van der Waals surface area contributed by atoms with Gasteiger partial charge in [0, 0.05) is 29.7 Å². The van der Waals surface area contributed by atoms with Crippen molar-refractivity contribution in [1.82, 2.24) is 9.47 Å². The van der Waals surface area contributed by atoms with Crippen LogP contribution in [-0.4, -0.2) is 40.2 Å². The van der Waals surface area contributed by atoms with Crippen LogP contribution in [0.25, 0.3) is 10.9 Å². The molecule has 2 aromatic rings. The minimum atomic E-state index is -0.853. The van der Waals surface area contributed by atoms with E-state index in [1.54, 1.807) is 6.07 Å². The van der Waals surface area contributed by atoms with Crippen LogP contribution in [0.5, 0.6) is 0 Å². The second-order valence-corrected chi connectivity index (χ2v) is 6.14. The van der Waals surface area contributed by atoms with E-state index in [1.165, 1.54) is 37.2 Å². The van der Waals surface area contributed by atoms with E-state index in [1.807, 2.05) is 12.1 Å². The van der Waals surface area contributed by atoms with E-state index in [2.05, 4.69) is 23.3 Å². The average molecular weight is 300 g/mol. The molecule has 118 valence electrons. The first-order valence-electron chi connectivity index (χ1n) is 8.19. The van der Waals surface area contributed by atoms with Gasteiger partial charge in [-0.2, -0.15) is 0 Å². The quantitative estimate of drug-likeness (QED) is 0.921. The van der Waals surface area contributed by atoms with E-state index in [4.69, 9.17) is 0 Å². The molecule has 0 spiro atoms. The highest BCUT2D eigenvalue weighted by atomic mass is 16.4. The molecule has 1 aromatic carbocycles. The van der Waals surface area contributed by atoms with Crippen molar-refractivity contribution in [1.29, 1.82) is 0 Å². The molecule has 0 radical (unpaired) electrons. The highest BCUT2D eigenvalue weighted by Gasteiger charge is 2.17. The topological polar surface area (TPSA) is 45.5 Å². The van der Waals surface area contributed by atoms with Gasteiger partial charge in [0.25, 0.3) is 0 Å². The second kappa shape index (κ2) is 6.13. The largest absolute Gasteiger partial charge is 0.478 e. The lowest BCUT2D eigenvalue weighted by atomic mass is 10.1. The Hall–Kier alpha value is -1.81. The number of carboxylic acid groups (broad SMARTS) is 1. The Morgan fingerprint density at radius 3 is 2.64 bits per heavy atom. The molecule has 1 aromatic heterocycles. The van der Waals surface area contributed by atoms with Gasteiger partial charge in [0.05, 0.1) is 5.56 Å². The first-order chi connectivity index (χ1) is 10.6. The van der Waals surface area contributed by atoms with Crippen LogP contribution in [0, 0.1) is 6.92 Å². The minimum absolute atomic E-state index is 0.378. The molecule has 3 rings (SSSR count). The predicted molar refractivity (Wildman–Crippen MR) is 88.7 cm³/mol. The molecule has 1 N–H and O–H groups in total. The van der Waals surface area contributed by atoms with Crippen molar-refractivity contribution >= 4 is 16.9 Å². The summed E-state index contributed by atoms with van der Waals surface area (Å²) in [5.74, 6) is -0.853. The van der Waals surface area contributed by atoms with Gasteiger partial charge < -0.3 is 14.6 Å². The smallest absolute Gasteiger partial charge is 0.335 e. The number of aromatic nitrogens is 1. The molecule has 1 aliphatic rings. The van der Waals surface area contributed by atoms with Crippen molar-refractivity contribution in [3.05, 3.63) is 35.0 Å². The number of carboxylic acids is 1. The number of carbonyl (C=O) groups is 1. The Labute approximate surface area is 131 Å². The fourth-order valence-electron chi connectivity index (χ4n) is 3.68. The fraction of sp³-hybridized carbons (Fsp3) is 0.500. The van der Waals surface area contributed by atoms with Gasteiger partial charge in [-0.15, -0.1) is 0 Å². The second-order valence-electron chi connectivity index (χ2n) is 6.14. The van der Waals surface area contributed by atoms with Gasteiger partial charge in [-0.05, 0) is 70.0 Å². The number of aryl methyl sites for hydroxylation is 1. The van der Waals surface area contributed by atoms with E-state index in [9.17, 15) is 9.90 Å². The van der Waals surface area contributed by atoms with Gasteiger partial charge in [-0.25, -0.2) is 4.79 Å².